The highest BCUT2D eigenvalue weighted by atomic mass is 19.4. The van der Waals surface area contributed by atoms with Gasteiger partial charge in [-0.15, -0.1) is 0 Å². The lowest BCUT2D eigenvalue weighted by Crippen LogP contribution is -3.14. The van der Waals surface area contributed by atoms with E-state index in [0.29, 0.717) is 6.04 Å². The molecule has 0 spiro atoms. The Hall–Kier alpha value is -3.00. The van der Waals surface area contributed by atoms with Crippen LogP contribution in [0.15, 0.2) is 45.6 Å². The van der Waals surface area contributed by atoms with E-state index in [2.05, 4.69) is 6.92 Å². The maximum absolute atomic E-state index is 14.1. The first-order valence-corrected chi connectivity index (χ1v) is 10.6. The van der Waals surface area contributed by atoms with Crippen molar-refractivity contribution in [1.82, 2.24) is 0 Å². The van der Waals surface area contributed by atoms with Crippen molar-refractivity contribution in [3.63, 3.8) is 0 Å². The summed E-state index contributed by atoms with van der Waals surface area (Å²) < 4.78 is 52.9. The number of para-hydroxylation sites is 1. The van der Waals surface area contributed by atoms with E-state index in [4.69, 9.17) is 9.15 Å². The highest BCUT2D eigenvalue weighted by molar-refractivity contribution is 5.87. The highest BCUT2D eigenvalue weighted by Crippen LogP contribution is 2.41. The number of nitrogens with one attached hydrogen (secondary N) is 1. The molecule has 0 amide bonds. The summed E-state index contributed by atoms with van der Waals surface area (Å²) in [5, 5.41) is 10.5. The predicted octanol–water partition coefficient (Wildman–Crippen LogP) is 4.15. The van der Waals surface area contributed by atoms with Crippen LogP contribution in [-0.4, -0.2) is 24.8 Å². The smallest absolute Gasteiger partial charge is 0.450 e. The van der Waals surface area contributed by atoms with Crippen molar-refractivity contribution in [3.05, 3.63) is 57.9 Å². The molecule has 4 rings (SSSR count). The molecule has 5 nitrogen and oxygen atoms in total. The third-order valence-corrected chi connectivity index (χ3v) is 6.26. The normalized spacial score (nSPS) is 19.3. The third-order valence-electron chi connectivity index (χ3n) is 6.26. The molecule has 2 aromatic carbocycles. The average molecular weight is 448 g/mol. The van der Waals surface area contributed by atoms with Crippen molar-refractivity contribution in [2.45, 2.75) is 44.9 Å². The molecule has 3 aromatic rings. The first-order valence-electron chi connectivity index (χ1n) is 10.6. The Morgan fingerprint density at radius 3 is 2.62 bits per heavy atom. The van der Waals surface area contributed by atoms with E-state index in [1.165, 1.54) is 37.4 Å². The Bertz CT molecular complexity index is 1200. The predicted molar refractivity (Wildman–Crippen MR) is 114 cm³/mol. The van der Waals surface area contributed by atoms with E-state index < -0.39 is 22.9 Å². The largest absolute Gasteiger partial charge is 0.507 e. The van der Waals surface area contributed by atoms with Crippen LogP contribution in [0.4, 0.5) is 13.2 Å². The fraction of sp³-hybridized carbons (Fsp3) is 0.375. The summed E-state index contributed by atoms with van der Waals surface area (Å²) in [4.78, 5) is 14.5. The zero-order chi connectivity index (χ0) is 23.0. The van der Waals surface area contributed by atoms with E-state index in [1.807, 2.05) is 0 Å². The number of phenols is 1. The molecule has 1 aliphatic rings. The van der Waals surface area contributed by atoms with Crippen LogP contribution >= 0.6 is 0 Å². The van der Waals surface area contributed by atoms with E-state index in [1.54, 1.807) is 6.07 Å². The minimum Gasteiger partial charge on any atom is -0.507 e. The number of halogens is 3. The van der Waals surface area contributed by atoms with Gasteiger partial charge in [-0.2, -0.15) is 13.2 Å². The Labute approximate surface area is 183 Å². The van der Waals surface area contributed by atoms with Crippen LogP contribution in [0.3, 0.4) is 0 Å². The third kappa shape index (κ3) is 3.95. The lowest BCUT2D eigenvalue weighted by molar-refractivity contribution is -0.941. The van der Waals surface area contributed by atoms with Crippen molar-refractivity contribution < 1.29 is 32.3 Å². The monoisotopic (exact) mass is 448 g/mol. The van der Waals surface area contributed by atoms with Crippen LogP contribution in [0.5, 0.6) is 11.5 Å². The molecule has 2 N–H and O–H groups in total. The molecule has 1 fully saturated rings. The molecule has 0 bridgehead atoms. The first-order chi connectivity index (χ1) is 15.2. The number of benzene rings is 2. The number of likely N-dealkylation sites (tertiary alicyclic amines) is 1. The zero-order valence-electron chi connectivity index (χ0n) is 17.9. The van der Waals surface area contributed by atoms with Crippen LogP contribution in [0.2, 0.25) is 0 Å². The van der Waals surface area contributed by atoms with Gasteiger partial charge in [-0.05, 0) is 44.4 Å². The maximum atomic E-state index is 14.1. The lowest BCUT2D eigenvalue weighted by atomic mass is 9.98. The van der Waals surface area contributed by atoms with Crippen LogP contribution in [0.25, 0.3) is 22.1 Å². The SMILES string of the molecule is COc1ccccc1-c1c(C(F)(F)F)oc2c(C[NH+]3CCCCC3C)c(O)ccc2c1=O. The van der Waals surface area contributed by atoms with Gasteiger partial charge in [-0.1, -0.05) is 18.2 Å². The van der Waals surface area contributed by atoms with E-state index in [9.17, 15) is 23.1 Å². The van der Waals surface area contributed by atoms with Gasteiger partial charge in [0, 0.05) is 5.56 Å². The van der Waals surface area contributed by atoms with E-state index in [0.717, 1.165) is 30.7 Å². The molecule has 170 valence electrons. The number of piperidine rings is 1. The zero-order valence-corrected chi connectivity index (χ0v) is 17.9. The van der Waals surface area contributed by atoms with Gasteiger partial charge in [0.1, 0.15) is 18.0 Å². The number of phenolic OH excluding ortho intramolecular Hbond substituents is 1. The van der Waals surface area contributed by atoms with E-state index in [-0.39, 0.29) is 40.1 Å². The summed E-state index contributed by atoms with van der Waals surface area (Å²) in [6.07, 6.45) is -1.82. The highest BCUT2D eigenvalue weighted by Gasteiger charge is 2.40. The molecule has 8 heteroatoms. The minimum absolute atomic E-state index is 0.00266. The van der Waals surface area contributed by atoms with Crippen molar-refractivity contribution >= 4 is 11.0 Å². The average Bonchev–Trinajstić information content (AvgIpc) is 2.76. The second-order valence-corrected chi connectivity index (χ2v) is 8.26. The summed E-state index contributed by atoms with van der Waals surface area (Å²) in [5.74, 6) is -1.44. The molecule has 1 aromatic heterocycles. The van der Waals surface area contributed by atoms with Crippen LogP contribution in [0.1, 0.15) is 37.5 Å². The topological polar surface area (TPSA) is 64.1 Å². The molecule has 2 unspecified atom stereocenters. The van der Waals surface area contributed by atoms with Gasteiger partial charge in [-0.3, -0.25) is 4.79 Å². The standard InChI is InChI=1S/C24H24F3NO4/c1-14-7-5-6-12-28(14)13-17-18(29)11-10-16-21(30)20(15-8-3-4-9-19(15)31-2)23(24(25,26)27)32-22(16)17/h3-4,8-11,14,29H,5-7,12-13H2,1-2H3/p+1. The Morgan fingerprint density at radius 2 is 1.94 bits per heavy atom. The van der Waals surface area contributed by atoms with Gasteiger partial charge in [-0.25, -0.2) is 0 Å². The van der Waals surface area contributed by atoms with E-state index >= 15 is 0 Å². The van der Waals surface area contributed by atoms with Crippen LogP contribution in [-0.2, 0) is 12.7 Å². The number of methoxy groups -OCH3 is 1. The molecular weight excluding hydrogens is 423 g/mol. The summed E-state index contributed by atoms with van der Waals surface area (Å²) in [5.41, 5.74) is -1.40. The van der Waals surface area contributed by atoms with Gasteiger partial charge < -0.3 is 19.2 Å². The summed E-state index contributed by atoms with van der Waals surface area (Å²) in [6, 6.07) is 8.98. The number of rotatable bonds is 4. The van der Waals surface area contributed by atoms with Gasteiger partial charge >= 0.3 is 6.18 Å². The quantitative estimate of drug-likeness (QED) is 0.630. The number of ether oxygens (including phenoxy) is 1. The fourth-order valence-corrected chi connectivity index (χ4v) is 4.51. The second-order valence-electron chi connectivity index (χ2n) is 8.26. The molecule has 32 heavy (non-hydrogen) atoms. The van der Waals surface area contributed by atoms with Gasteiger partial charge in [0.2, 0.25) is 11.2 Å². The van der Waals surface area contributed by atoms with Crippen LogP contribution < -0.4 is 15.1 Å². The molecular formula is C24H25F3NO4+. The summed E-state index contributed by atoms with van der Waals surface area (Å²) in [6.45, 7) is 3.19. The second kappa shape index (κ2) is 8.50. The van der Waals surface area contributed by atoms with Crippen molar-refractivity contribution in [1.29, 1.82) is 0 Å². The fourth-order valence-electron chi connectivity index (χ4n) is 4.51. The van der Waals surface area contributed by atoms with Crippen molar-refractivity contribution in [3.8, 4) is 22.6 Å². The van der Waals surface area contributed by atoms with Gasteiger partial charge in [0.05, 0.1) is 36.2 Å². The first kappa shape index (κ1) is 22.2. The molecule has 2 atom stereocenters. The summed E-state index contributed by atoms with van der Waals surface area (Å²) in [7, 11) is 1.33. The van der Waals surface area contributed by atoms with Crippen molar-refractivity contribution in [2.75, 3.05) is 13.7 Å². The number of quaternary nitrogens is 1. The lowest BCUT2D eigenvalue weighted by Gasteiger charge is -2.30. The minimum atomic E-state index is -4.92. The number of alkyl halides is 3. The molecule has 1 aliphatic heterocycles. The Morgan fingerprint density at radius 1 is 1.19 bits per heavy atom. The van der Waals surface area contributed by atoms with Gasteiger partial charge in [0.15, 0.2) is 5.58 Å². The molecule has 0 aliphatic carbocycles. The summed E-state index contributed by atoms with van der Waals surface area (Å²) >= 11 is 0. The molecule has 2 heterocycles. The number of aromatic hydroxyl groups is 1. The van der Waals surface area contributed by atoms with Gasteiger partial charge in [0.25, 0.3) is 0 Å². The Kier molecular flexibility index (Phi) is 5.90. The molecule has 0 radical (unpaired) electrons. The number of fused-ring (bicyclic) bond motifs is 1. The number of hydrogen-bond donors (Lipinski definition) is 2. The number of hydrogen-bond acceptors (Lipinski definition) is 4. The molecule has 0 saturated carbocycles. The Balaban J connectivity index is 1.99. The van der Waals surface area contributed by atoms with Crippen LogP contribution in [0, 0.1) is 0 Å². The van der Waals surface area contributed by atoms with Crippen molar-refractivity contribution in [2.24, 2.45) is 0 Å². The molecule has 1 saturated heterocycles. The maximum Gasteiger partial charge on any atom is 0.450 e.